The van der Waals surface area contributed by atoms with Gasteiger partial charge in [-0.05, 0) is 26.3 Å². The van der Waals surface area contributed by atoms with Crippen LogP contribution < -0.4 is 4.90 Å². The van der Waals surface area contributed by atoms with Gasteiger partial charge < -0.3 is 9.84 Å². The second-order valence-corrected chi connectivity index (χ2v) is 8.55. The Morgan fingerprint density at radius 3 is 2.39 bits per heavy atom. The van der Waals surface area contributed by atoms with Crippen molar-refractivity contribution in [2.75, 3.05) is 11.5 Å². The lowest BCUT2D eigenvalue weighted by Gasteiger charge is -2.23. The predicted octanol–water partition coefficient (Wildman–Crippen LogP) is 4.56. The van der Waals surface area contributed by atoms with E-state index in [0.29, 0.717) is 16.8 Å². The van der Waals surface area contributed by atoms with Crippen molar-refractivity contribution in [3.63, 3.8) is 0 Å². The summed E-state index contributed by atoms with van der Waals surface area (Å²) in [7, 11) is 0. The number of carbonyl (C=O) groups is 3. The molecule has 1 aromatic heterocycles. The van der Waals surface area contributed by atoms with Crippen molar-refractivity contribution in [2.24, 2.45) is 0 Å². The van der Waals surface area contributed by atoms with Crippen LogP contribution in [0.1, 0.15) is 45.0 Å². The lowest BCUT2D eigenvalue weighted by molar-refractivity contribution is -0.132. The lowest BCUT2D eigenvalue weighted by atomic mass is 9.95. The van der Waals surface area contributed by atoms with Crippen molar-refractivity contribution in [1.29, 1.82) is 0 Å². The van der Waals surface area contributed by atoms with Crippen LogP contribution in [-0.2, 0) is 14.3 Å². The van der Waals surface area contributed by atoms with E-state index in [1.54, 1.807) is 50.2 Å². The molecule has 0 aliphatic carbocycles. The highest BCUT2D eigenvalue weighted by Gasteiger charge is 2.48. The molecule has 0 unspecified atom stereocenters. The fourth-order valence-electron chi connectivity index (χ4n) is 3.72. The van der Waals surface area contributed by atoms with Gasteiger partial charge in [0.2, 0.25) is 0 Å². The summed E-state index contributed by atoms with van der Waals surface area (Å²) in [5.41, 5.74) is 2.44. The minimum absolute atomic E-state index is 0.0272. The third-order valence-electron chi connectivity index (χ3n) is 5.34. The van der Waals surface area contributed by atoms with E-state index in [0.717, 1.165) is 16.9 Å². The molecule has 2 aromatic carbocycles. The van der Waals surface area contributed by atoms with Crippen LogP contribution in [0.3, 0.4) is 0 Å². The summed E-state index contributed by atoms with van der Waals surface area (Å²) in [6.07, 6.45) is 0. The molecule has 1 aliphatic heterocycles. The molecular formula is C25H22N2O5S. The van der Waals surface area contributed by atoms with Gasteiger partial charge in [0.25, 0.3) is 5.78 Å². The molecule has 1 fully saturated rings. The molecule has 168 valence electrons. The maximum Gasteiger partial charge on any atom is 0.350 e. The zero-order valence-electron chi connectivity index (χ0n) is 18.4. The molecule has 1 amide bonds. The van der Waals surface area contributed by atoms with Crippen molar-refractivity contribution in [2.45, 2.75) is 26.8 Å². The zero-order valence-corrected chi connectivity index (χ0v) is 19.2. The number of thiazole rings is 1. The zero-order chi connectivity index (χ0) is 23.7. The van der Waals surface area contributed by atoms with Crippen molar-refractivity contribution < 1.29 is 24.2 Å². The topological polar surface area (TPSA) is 96.8 Å². The first-order chi connectivity index (χ1) is 15.8. The molecule has 2 heterocycles. The highest BCUT2D eigenvalue weighted by atomic mass is 32.1. The van der Waals surface area contributed by atoms with Crippen LogP contribution in [-0.4, -0.2) is 34.4 Å². The van der Waals surface area contributed by atoms with E-state index in [4.69, 9.17) is 4.74 Å². The average molecular weight is 463 g/mol. The number of ether oxygens (including phenoxy) is 1. The van der Waals surface area contributed by atoms with Gasteiger partial charge in [-0.25, -0.2) is 9.78 Å². The Bertz CT molecular complexity index is 1260. The Hall–Kier alpha value is -3.78. The monoisotopic (exact) mass is 462 g/mol. The normalized spacial score (nSPS) is 17.4. The number of aryl methyl sites for hydroxylation is 2. The summed E-state index contributed by atoms with van der Waals surface area (Å²) >= 11 is 0.984. The van der Waals surface area contributed by atoms with E-state index in [-0.39, 0.29) is 27.9 Å². The number of aromatic nitrogens is 1. The van der Waals surface area contributed by atoms with Crippen LogP contribution in [0.2, 0.25) is 0 Å². The molecule has 0 saturated carbocycles. The Morgan fingerprint density at radius 1 is 1.09 bits per heavy atom. The fraction of sp³-hybridized carbons (Fsp3) is 0.200. The summed E-state index contributed by atoms with van der Waals surface area (Å²) in [5, 5.41) is 11.3. The Balaban J connectivity index is 1.89. The standard InChI is InChI=1S/C25H22N2O5S/c1-4-32-24(31)22-15(3)26-25(33-22)27-19(16-8-6-5-7-9-16)18(21(29)23(27)30)20(28)17-12-10-14(2)11-13-17/h5-13,19,28H,4H2,1-3H3/b20-18+/t19-/m0/s1. The summed E-state index contributed by atoms with van der Waals surface area (Å²) in [5.74, 6) is -2.43. The third-order valence-corrected chi connectivity index (χ3v) is 6.47. The molecule has 1 N–H and O–H groups in total. The molecular weight excluding hydrogens is 440 g/mol. The number of aliphatic hydroxyl groups excluding tert-OH is 1. The third kappa shape index (κ3) is 4.05. The molecule has 1 atom stereocenters. The number of carbonyl (C=O) groups excluding carboxylic acids is 3. The van der Waals surface area contributed by atoms with Crippen LogP contribution in [0.5, 0.6) is 0 Å². The van der Waals surface area contributed by atoms with Gasteiger partial charge in [0.15, 0.2) is 5.13 Å². The fourth-order valence-corrected chi connectivity index (χ4v) is 4.71. The van der Waals surface area contributed by atoms with Gasteiger partial charge in [0, 0.05) is 5.56 Å². The van der Waals surface area contributed by atoms with Gasteiger partial charge in [-0.15, -0.1) is 0 Å². The molecule has 7 nitrogen and oxygen atoms in total. The number of nitrogens with zero attached hydrogens (tertiary/aromatic N) is 2. The van der Waals surface area contributed by atoms with Gasteiger partial charge in [-0.1, -0.05) is 71.5 Å². The summed E-state index contributed by atoms with van der Waals surface area (Å²) < 4.78 is 5.08. The maximum atomic E-state index is 13.2. The number of Topliss-reactive ketones (excluding diaryl/α,β-unsaturated/α-hetero) is 1. The molecule has 8 heteroatoms. The summed E-state index contributed by atoms with van der Waals surface area (Å²) in [6.45, 7) is 5.47. The Kier molecular flexibility index (Phi) is 6.11. The predicted molar refractivity (Wildman–Crippen MR) is 125 cm³/mol. The first kappa shape index (κ1) is 22.4. The second kappa shape index (κ2) is 8.99. The molecule has 33 heavy (non-hydrogen) atoms. The minimum Gasteiger partial charge on any atom is -0.507 e. The Morgan fingerprint density at radius 2 is 1.76 bits per heavy atom. The van der Waals surface area contributed by atoms with Gasteiger partial charge in [0.05, 0.1) is 23.9 Å². The molecule has 1 aliphatic rings. The van der Waals surface area contributed by atoms with Crippen molar-refractivity contribution in [3.05, 3.63) is 87.4 Å². The Labute approximate surface area is 195 Å². The number of amides is 1. The number of rotatable bonds is 5. The second-order valence-electron chi connectivity index (χ2n) is 7.58. The number of esters is 1. The van der Waals surface area contributed by atoms with Gasteiger partial charge in [-0.2, -0.15) is 0 Å². The van der Waals surface area contributed by atoms with Crippen LogP contribution in [0.25, 0.3) is 5.76 Å². The number of hydrogen-bond donors (Lipinski definition) is 1. The number of benzene rings is 2. The van der Waals surface area contributed by atoms with Crippen LogP contribution in [0.15, 0.2) is 60.2 Å². The molecule has 3 aromatic rings. The summed E-state index contributed by atoms with van der Waals surface area (Å²) in [6, 6.07) is 15.1. The van der Waals surface area contributed by atoms with Crippen LogP contribution >= 0.6 is 11.3 Å². The van der Waals surface area contributed by atoms with E-state index >= 15 is 0 Å². The number of anilines is 1. The van der Waals surface area contributed by atoms with E-state index in [1.165, 1.54) is 4.90 Å². The highest BCUT2D eigenvalue weighted by Crippen LogP contribution is 2.43. The van der Waals surface area contributed by atoms with Crippen LogP contribution in [0, 0.1) is 13.8 Å². The largest absolute Gasteiger partial charge is 0.507 e. The first-order valence-corrected chi connectivity index (χ1v) is 11.2. The maximum absolute atomic E-state index is 13.2. The van der Waals surface area contributed by atoms with Crippen molar-refractivity contribution in [1.82, 2.24) is 4.98 Å². The SMILES string of the molecule is CCOC(=O)c1sc(N2C(=O)C(=O)/C(=C(/O)c3ccc(C)cc3)[C@@H]2c2ccccc2)nc1C. The van der Waals surface area contributed by atoms with Crippen molar-refractivity contribution >= 4 is 39.9 Å². The van der Waals surface area contributed by atoms with Crippen LogP contribution in [0.4, 0.5) is 5.13 Å². The van der Waals surface area contributed by atoms with Crippen molar-refractivity contribution in [3.8, 4) is 0 Å². The molecule has 0 radical (unpaired) electrons. The first-order valence-electron chi connectivity index (χ1n) is 10.4. The van der Waals surface area contributed by atoms with Gasteiger partial charge >= 0.3 is 11.9 Å². The quantitative estimate of drug-likeness (QED) is 0.258. The minimum atomic E-state index is -0.895. The smallest absolute Gasteiger partial charge is 0.350 e. The summed E-state index contributed by atoms with van der Waals surface area (Å²) in [4.78, 5) is 44.6. The van der Waals surface area contributed by atoms with Gasteiger partial charge in [-0.3, -0.25) is 14.5 Å². The molecule has 1 saturated heterocycles. The van der Waals surface area contributed by atoms with E-state index in [2.05, 4.69) is 4.98 Å². The lowest BCUT2D eigenvalue weighted by Crippen LogP contribution is -2.29. The number of hydrogen-bond acceptors (Lipinski definition) is 7. The molecule has 0 bridgehead atoms. The number of ketones is 1. The van der Waals surface area contributed by atoms with E-state index in [1.807, 2.05) is 25.1 Å². The highest BCUT2D eigenvalue weighted by molar-refractivity contribution is 7.17. The molecule has 4 rings (SSSR count). The number of aliphatic hydroxyl groups is 1. The van der Waals surface area contributed by atoms with E-state index < -0.39 is 23.7 Å². The average Bonchev–Trinajstić information content (AvgIpc) is 3.31. The van der Waals surface area contributed by atoms with Gasteiger partial charge in [0.1, 0.15) is 10.6 Å². The van der Waals surface area contributed by atoms with E-state index in [9.17, 15) is 19.5 Å². The molecule has 0 spiro atoms.